The maximum absolute atomic E-state index is 6.18. The number of benzene rings is 1. The van der Waals surface area contributed by atoms with Crippen molar-refractivity contribution in [2.24, 2.45) is 0 Å². The third-order valence-electron chi connectivity index (χ3n) is 3.68. The molecule has 0 amide bonds. The van der Waals surface area contributed by atoms with Crippen LogP contribution in [0.5, 0.6) is 5.75 Å². The van der Waals surface area contributed by atoms with Gasteiger partial charge in [0, 0.05) is 0 Å². The minimum absolute atomic E-state index is 0. The molecule has 0 N–H and O–H groups in total. The van der Waals surface area contributed by atoms with Gasteiger partial charge < -0.3 is 10.6 Å². The van der Waals surface area contributed by atoms with Crippen molar-refractivity contribution < 1.29 is 40.1 Å². The Morgan fingerprint density at radius 2 is 1.70 bits per heavy atom. The van der Waals surface area contributed by atoms with E-state index >= 15 is 0 Å². The van der Waals surface area contributed by atoms with Gasteiger partial charge in [-0.25, -0.2) is 0 Å². The largest absolute Gasteiger partial charge is 1.00 e. The molecule has 0 heterocycles. The smallest absolute Gasteiger partial charge is 1.00 e. The summed E-state index contributed by atoms with van der Waals surface area (Å²) in [6, 6.07) is 8.04. The summed E-state index contributed by atoms with van der Waals surface area (Å²) in [5, 5.41) is 0.246. The summed E-state index contributed by atoms with van der Waals surface area (Å²) in [6.45, 7) is 12.5. The second-order valence-corrected chi connectivity index (χ2v) is 11.4. The summed E-state index contributed by atoms with van der Waals surface area (Å²) in [6.07, 6.45) is 0. The first-order valence-corrected chi connectivity index (χ1v) is 10.1. The number of hydrogen-bond donors (Lipinski definition) is 0. The van der Waals surface area contributed by atoms with Gasteiger partial charge in [-0.2, -0.15) is 0 Å². The van der Waals surface area contributed by atoms with Gasteiger partial charge in [0.25, 0.3) is 0 Å². The summed E-state index contributed by atoms with van der Waals surface area (Å²) in [7, 11) is -1.67. The summed E-state index contributed by atoms with van der Waals surface area (Å²) in [4.78, 5) is 0. The molecule has 1 aromatic rings. The molecule has 0 aromatic heterocycles. The predicted molar refractivity (Wildman–Crippen MR) is 85.8 cm³/mol. The number of ether oxygens (including phenoxy) is 1. The van der Waals surface area contributed by atoms with E-state index in [1.54, 1.807) is 0 Å². The van der Waals surface area contributed by atoms with Gasteiger partial charge in [-0.05, 0) is 35.8 Å². The third-order valence-corrected chi connectivity index (χ3v) is 8.31. The topological polar surface area (TPSA) is 18.5 Å². The Morgan fingerprint density at radius 1 is 1.15 bits per heavy atom. The summed E-state index contributed by atoms with van der Waals surface area (Å²) < 4.78 is 11.6. The molecule has 0 aliphatic carbocycles. The molecule has 0 saturated heterocycles. The second kappa shape index (κ2) is 8.81. The van der Waals surface area contributed by atoms with Gasteiger partial charge in [-0.1, -0.05) is 32.9 Å². The van der Waals surface area contributed by atoms with Gasteiger partial charge in [0.05, 0.1) is 12.5 Å². The Bertz CT molecular complexity index is 394. The first kappa shape index (κ1) is 20.5. The number of alkyl halides is 1. The zero-order chi connectivity index (χ0) is 14.5. The molecule has 0 saturated carbocycles. The van der Waals surface area contributed by atoms with Gasteiger partial charge in [-0.15, -0.1) is 11.6 Å². The molecule has 0 spiro atoms. The van der Waals surface area contributed by atoms with Gasteiger partial charge >= 0.3 is 29.6 Å². The van der Waals surface area contributed by atoms with Crippen molar-refractivity contribution in [2.75, 3.05) is 12.5 Å². The molecular formula is C15H26ClNaO2Si. The SMILES string of the molecule is CC(C)(C)[Si](C)(C)OCc1ccc(OCCCl)cc1.[H-].[Na+]. The van der Waals surface area contributed by atoms with E-state index in [4.69, 9.17) is 20.8 Å². The minimum atomic E-state index is -1.67. The maximum Gasteiger partial charge on any atom is 1.00 e. The molecule has 110 valence electrons. The van der Waals surface area contributed by atoms with Crippen molar-refractivity contribution in [3.63, 3.8) is 0 Å². The Morgan fingerprint density at radius 3 is 2.15 bits per heavy atom. The van der Waals surface area contributed by atoms with Crippen molar-refractivity contribution in [2.45, 2.75) is 45.5 Å². The van der Waals surface area contributed by atoms with E-state index in [2.05, 4.69) is 46.0 Å². The van der Waals surface area contributed by atoms with Crippen molar-refractivity contribution in [3.8, 4) is 5.75 Å². The fourth-order valence-electron chi connectivity index (χ4n) is 1.32. The molecule has 0 radical (unpaired) electrons. The molecule has 1 aromatic carbocycles. The van der Waals surface area contributed by atoms with Crippen LogP contribution in [0.25, 0.3) is 0 Å². The molecule has 20 heavy (non-hydrogen) atoms. The van der Waals surface area contributed by atoms with Crippen molar-refractivity contribution in [1.82, 2.24) is 0 Å². The second-order valence-electron chi connectivity index (χ2n) is 6.23. The van der Waals surface area contributed by atoms with Crippen LogP contribution in [0.1, 0.15) is 27.8 Å². The monoisotopic (exact) mass is 324 g/mol. The van der Waals surface area contributed by atoms with Gasteiger partial charge in [-0.3, -0.25) is 0 Å². The Labute approximate surface area is 153 Å². The van der Waals surface area contributed by atoms with Gasteiger partial charge in [0.15, 0.2) is 8.32 Å². The predicted octanol–water partition coefficient (Wildman–Crippen LogP) is 1.94. The first-order chi connectivity index (χ1) is 8.76. The van der Waals surface area contributed by atoms with E-state index in [-0.39, 0.29) is 36.0 Å². The van der Waals surface area contributed by atoms with Gasteiger partial charge in [0.1, 0.15) is 12.4 Å². The van der Waals surface area contributed by atoms with Crippen LogP contribution in [-0.2, 0) is 11.0 Å². The molecule has 0 unspecified atom stereocenters. The molecule has 2 nitrogen and oxygen atoms in total. The van der Waals surface area contributed by atoms with Gasteiger partial charge in [0.2, 0.25) is 0 Å². The molecule has 0 atom stereocenters. The number of hydrogen-bond acceptors (Lipinski definition) is 2. The van der Waals surface area contributed by atoms with Crippen LogP contribution in [0.15, 0.2) is 24.3 Å². The molecule has 5 heteroatoms. The molecular weight excluding hydrogens is 299 g/mol. The quantitative estimate of drug-likeness (QED) is 0.588. The van der Waals surface area contributed by atoms with E-state index in [9.17, 15) is 0 Å². The van der Waals surface area contributed by atoms with Crippen LogP contribution in [0.3, 0.4) is 0 Å². The normalized spacial score (nSPS) is 11.9. The number of rotatable bonds is 6. The van der Waals surface area contributed by atoms with Crippen molar-refractivity contribution in [3.05, 3.63) is 29.8 Å². The summed E-state index contributed by atoms with van der Waals surface area (Å²) in [5.74, 6) is 1.37. The zero-order valence-corrected chi connectivity index (χ0v) is 17.4. The van der Waals surface area contributed by atoms with E-state index in [1.165, 1.54) is 5.56 Å². The fourth-order valence-corrected chi connectivity index (χ4v) is 2.36. The van der Waals surface area contributed by atoms with Crippen LogP contribution in [0, 0.1) is 0 Å². The summed E-state index contributed by atoms with van der Waals surface area (Å²) in [5.41, 5.74) is 1.18. The molecule has 1 rings (SSSR count). The molecule has 0 aliphatic rings. The van der Waals surface area contributed by atoms with Crippen LogP contribution in [0.2, 0.25) is 18.1 Å². The van der Waals surface area contributed by atoms with Crippen LogP contribution < -0.4 is 34.3 Å². The van der Waals surface area contributed by atoms with E-state index in [0.717, 1.165) is 5.75 Å². The Balaban J connectivity index is 0. The van der Waals surface area contributed by atoms with Crippen molar-refractivity contribution in [1.29, 1.82) is 0 Å². The van der Waals surface area contributed by atoms with E-state index in [1.807, 2.05) is 12.1 Å². The van der Waals surface area contributed by atoms with E-state index in [0.29, 0.717) is 19.1 Å². The minimum Gasteiger partial charge on any atom is -1.00 e. The molecule has 0 aliphatic heterocycles. The van der Waals surface area contributed by atoms with Crippen LogP contribution in [0.4, 0.5) is 0 Å². The Kier molecular flexibility index (Phi) is 9.03. The first-order valence-electron chi connectivity index (χ1n) is 6.68. The summed E-state index contributed by atoms with van der Waals surface area (Å²) >= 11 is 5.58. The van der Waals surface area contributed by atoms with E-state index < -0.39 is 8.32 Å². The van der Waals surface area contributed by atoms with Crippen LogP contribution >= 0.6 is 11.6 Å². The molecule has 0 bridgehead atoms. The zero-order valence-electron chi connectivity index (χ0n) is 14.6. The average molecular weight is 325 g/mol. The third kappa shape index (κ3) is 6.50. The number of halogens is 1. The Hall–Kier alpha value is 0.487. The fraction of sp³-hybridized carbons (Fsp3) is 0.600. The standard InChI is InChI=1S/C15H25ClO2Si.Na.H/c1-15(2,3)19(4,5)18-12-13-6-8-14(9-7-13)17-11-10-16;;/h6-9H,10-12H2,1-5H3;;/q;+1;-1. The molecule has 0 fully saturated rings. The van der Waals surface area contributed by atoms with Crippen LogP contribution in [-0.4, -0.2) is 20.8 Å². The average Bonchev–Trinajstić information content (AvgIpc) is 2.34. The maximum atomic E-state index is 6.18. The van der Waals surface area contributed by atoms with Crippen molar-refractivity contribution >= 4 is 19.9 Å².